The van der Waals surface area contributed by atoms with Crippen molar-refractivity contribution >= 4 is 107 Å². The number of aromatic amines is 1. The number of nitrogens with one attached hydrogen (secondary N) is 7. The van der Waals surface area contributed by atoms with E-state index in [1.807, 2.05) is 40.7 Å². The summed E-state index contributed by atoms with van der Waals surface area (Å²) in [6.07, 6.45) is 9.35. The van der Waals surface area contributed by atoms with E-state index in [1.165, 1.54) is 69.6 Å². The molecule has 0 radical (unpaired) electrons. The second kappa shape index (κ2) is 40.1. The van der Waals surface area contributed by atoms with Crippen LogP contribution in [0.5, 0.6) is 17.2 Å². The average Bonchev–Trinajstić information content (AvgIpc) is 1.59. The number of halogens is 5. The van der Waals surface area contributed by atoms with Gasteiger partial charge in [-0.3, -0.25) is 28.2 Å². The summed E-state index contributed by atoms with van der Waals surface area (Å²) in [5.74, 6) is -3.97. The van der Waals surface area contributed by atoms with Crippen LogP contribution in [0.2, 0.25) is 0 Å². The van der Waals surface area contributed by atoms with Gasteiger partial charge >= 0.3 is 35.9 Å². The number of hydrogen-bond acceptors (Lipinski definition) is 22. The van der Waals surface area contributed by atoms with Gasteiger partial charge in [-0.2, -0.15) is 8.42 Å². The lowest BCUT2D eigenvalue weighted by Gasteiger charge is -2.35. The van der Waals surface area contributed by atoms with Crippen LogP contribution >= 0.6 is 15.9 Å². The zero-order valence-electron chi connectivity index (χ0n) is 67.7. The fourth-order valence-corrected chi connectivity index (χ4v) is 16.2. The van der Waals surface area contributed by atoms with Crippen molar-refractivity contribution in [3.05, 3.63) is 123 Å². The van der Waals surface area contributed by atoms with Gasteiger partial charge in [0.15, 0.2) is 11.1 Å². The number of urea groups is 2. The molecule has 2 aliphatic heterocycles. The van der Waals surface area contributed by atoms with E-state index in [-0.39, 0.29) is 78.0 Å². The molecule has 117 heavy (non-hydrogen) atoms. The molecular formula is C80H103BrF4N10O21S. The summed E-state index contributed by atoms with van der Waals surface area (Å²) in [7, 11) is 3.81. The molecule has 8 amide bonds. The summed E-state index contributed by atoms with van der Waals surface area (Å²) >= 11 is 3.27. The van der Waals surface area contributed by atoms with Crippen molar-refractivity contribution < 1.29 is 112 Å². The SMILES string of the molecule is C=C[C@@H]1C[C@]1(NC(=O)[C@@H]1C[C@H](OS(=O)(=O)c2ccc(Br)cc2)CN1C(=O)[C@@H](NC(=O)NC1CCCC1)C(C)(C)C)C(=O)OC.C=C[C@@H]1C[C@]1(NC(=O)[C@@H]1C[C@H](Oc2cc(C(=O)OC)nc3cc(OC)c(C)cc23)CN1C(=O)[C@@H](NC(=O)NC1CCCC1)C(C)(C)C)C(=O)OC.COC(=O)c1cc(=O)c2cc(C)c(OC)cc2[nH]1.FF.FF. The van der Waals surface area contributed by atoms with Crippen molar-refractivity contribution in [1.29, 1.82) is 0 Å². The fraction of sp³-hybridized carbons (Fsp3) is 0.525. The minimum atomic E-state index is -4.25. The van der Waals surface area contributed by atoms with Gasteiger partial charge < -0.3 is 79.8 Å². The third-order valence-electron chi connectivity index (χ3n) is 21.3. The number of esters is 4. The molecule has 5 aromatic rings. The Morgan fingerprint density at radius 3 is 1.45 bits per heavy atom. The van der Waals surface area contributed by atoms with Crippen molar-refractivity contribution in [3.8, 4) is 17.2 Å². The Balaban J connectivity index is 0.000000259. The molecule has 2 saturated heterocycles. The minimum Gasteiger partial charge on any atom is -0.496 e. The van der Waals surface area contributed by atoms with Crippen LogP contribution in [0.25, 0.3) is 21.8 Å². The number of amides is 8. The van der Waals surface area contributed by atoms with E-state index in [9.17, 15) is 61.2 Å². The maximum atomic E-state index is 14.5. The van der Waals surface area contributed by atoms with Crippen molar-refractivity contribution in [3.63, 3.8) is 0 Å². The summed E-state index contributed by atoms with van der Waals surface area (Å²) in [5, 5.41) is 18.3. The molecule has 6 aliphatic rings. The highest BCUT2D eigenvalue weighted by molar-refractivity contribution is 9.10. The van der Waals surface area contributed by atoms with E-state index in [1.54, 1.807) is 70.4 Å². The molecule has 11 rings (SSSR count). The largest absolute Gasteiger partial charge is 0.496 e. The lowest BCUT2D eigenvalue weighted by Crippen LogP contribution is -2.60. The number of rotatable bonds is 23. The van der Waals surface area contributed by atoms with E-state index in [0.717, 1.165) is 62.5 Å². The molecule has 6 fully saturated rings. The first-order valence-electron chi connectivity index (χ1n) is 37.7. The summed E-state index contributed by atoms with van der Waals surface area (Å²) in [5.41, 5.74) is -1.61. The molecule has 2 aromatic heterocycles. The Bertz CT molecular complexity index is 4690. The van der Waals surface area contributed by atoms with Crippen molar-refractivity contribution in [1.82, 2.24) is 51.7 Å². The maximum absolute atomic E-state index is 14.5. The van der Waals surface area contributed by atoms with Gasteiger partial charge in [0.05, 0.1) is 71.2 Å². The lowest BCUT2D eigenvalue weighted by atomic mass is 9.85. The first-order chi connectivity index (χ1) is 55.3. The van der Waals surface area contributed by atoms with Gasteiger partial charge in [-0.15, -0.1) is 13.2 Å². The van der Waals surface area contributed by atoms with Crippen LogP contribution in [0.15, 0.2) is 100 Å². The second-order valence-electron chi connectivity index (χ2n) is 31.4. The molecule has 0 bridgehead atoms. The smallest absolute Gasteiger partial charge is 0.356 e. The number of ether oxygens (including phenoxy) is 7. The number of aromatic nitrogens is 2. The normalized spacial score (nSPS) is 21.8. The van der Waals surface area contributed by atoms with Gasteiger partial charge in [0, 0.05) is 101 Å². The van der Waals surface area contributed by atoms with E-state index < -0.39 is 128 Å². The highest BCUT2D eigenvalue weighted by Crippen LogP contribution is 2.47. The number of hydrogen-bond donors (Lipinski definition) is 7. The van der Waals surface area contributed by atoms with E-state index in [0.29, 0.717) is 49.9 Å². The van der Waals surface area contributed by atoms with Crippen molar-refractivity contribution in [2.75, 3.05) is 55.7 Å². The summed E-state index contributed by atoms with van der Waals surface area (Å²) in [6, 6.07) is 10.3. The highest BCUT2D eigenvalue weighted by atomic mass is 79.9. The zero-order valence-corrected chi connectivity index (χ0v) is 70.1. The molecule has 10 atom stereocenters. The first kappa shape index (κ1) is 93.7. The van der Waals surface area contributed by atoms with Crippen molar-refractivity contribution in [2.24, 2.45) is 22.7 Å². The number of fused-ring (bicyclic) bond motifs is 2. The summed E-state index contributed by atoms with van der Waals surface area (Å²) < 4.78 is 101. The highest BCUT2D eigenvalue weighted by Gasteiger charge is 2.63. The summed E-state index contributed by atoms with van der Waals surface area (Å²) in [4.78, 5) is 154. The average molecular weight is 1730 g/mol. The standard InChI is InChI=1S/C37H49N5O9.C30H41BrN4O8S.C13H13NO4.2F2/c1-9-21-18-37(21,34(46)50-8)41-31(43)27-15-23(19-42(27)32(44)30(36(3,4)5)40-35(47)38-22-12-10-11-13-22)51-29-17-26(33(45)49-7)39-25-16-28(48-6)20(2)14-24(25)29;1-6-18-16-30(18,27(38)42-5)34-25(36)23-15-21(43-44(40,41)22-13-11-19(31)12-14-22)17-35(23)26(37)24(29(2,3)4)33-28(39)32-20-9-7-8-10-20;1-7-4-8-9(6-12(7)17-2)14-10(5-11(8)15)13(16)18-3;2*1-2/h9,14,16-17,21-23,27,30H,1,10-13,15,18-19H2,2-8H3,(H,41,43)(H2,38,40,47);6,11-14,18,20-21,23-24H,1,7-10,15-17H2,2-5H3,(H,34,36)(H2,32,33,39);4-6H,1-3H3,(H,14,15);;/t21-,23+,27+,30-,37-;18-,21+,23+,24-,30-;;;/m11.../s1. The number of carbonyl (C=O) groups is 10. The van der Waals surface area contributed by atoms with Crippen LogP contribution in [-0.2, 0) is 62.0 Å². The van der Waals surface area contributed by atoms with Gasteiger partial charge in [-0.05, 0) is 111 Å². The van der Waals surface area contributed by atoms with Gasteiger partial charge in [0.25, 0.3) is 10.1 Å². The number of pyridine rings is 2. The molecule has 0 unspecified atom stereocenters. The van der Waals surface area contributed by atoms with Crippen LogP contribution in [0.4, 0.5) is 27.9 Å². The Morgan fingerprint density at radius 2 is 1.03 bits per heavy atom. The third kappa shape index (κ3) is 22.5. The van der Waals surface area contributed by atoms with E-state index in [4.69, 9.17) is 50.9 Å². The quantitative estimate of drug-likeness (QED) is 0.0105. The molecule has 4 saturated carbocycles. The van der Waals surface area contributed by atoms with Gasteiger partial charge in [-0.1, -0.05) is 95.3 Å². The number of benzene rings is 3. The molecular weight excluding hydrogens is 1620 g/mol. The van der Waals surface area contributed by atoms with Crippen LogP contribution in [0, 0.1) is 36.5 Å². The number of H-pyrrole nitrogens is 1. The number of likely N-dealkylation sites (tertiary alicyclic amines) is 2. The fourth-order valence-electron chi connectivity index (χ4n) is 14.9. The van der Waals surface area contributed by atoms with Gasteiger partial charge in [0.2, 0.25) is 23.6 Å². The van der Waals surface area contributed by atoms with Gasteiger partial charge in [-0.25, -0.2) is 33.8 Å². The maximum Gasteiger partial charge on any atom is 0.356 e. The van der Waals surface area contributed by atoms with Crippen LogP contribution in [0.3, 0.4) is 0 Å². The number of nitrogens with zero attached hydrogens (tertiary/aromatic N) is 3. The van der Waals surface area contributed by atoms with Crippen molar-refractivity contribution in [2.45, 2.75) is 197 Å². The Hall–Kier alpha value is -10.4. The predicted octanol–water partition coefficient (Wildman–Crippen LogP) is 9.90. The zero-order chi connectivity index (χ0) is 87.0. The monoisotopic (exact) mass is 1730 g/mol. The van der Waals surface area contributed by atoms with Gasteiger partial charge in [0.1, 0.15) is 64.3 Å². The predicted molar refractivity (Wildman–Crippen MR) is 424 cm³/mol. The molecule has 31 nitrogen and oxygen atoms in total. The van der Waals surface area contributed by atoms with Crippen LogP contribution in [-0.4, -0.2) is 203 Å². The molecule has 3 aromatic carbocycles. The Kier molecular flexibility index (Phi) is 32.2. The lowest BCUT2D eigenvalue weighted by molar-refractivity contribution is -0.148. The molecule has 4 heterocycles. The first-order valence-corrected chi connectivity index (χ1v) is 39.9. The molecule has 7 N–H and O–H groups in total. The molecule has 0 spiro atoms. The van der Waals surface area contributed by atoms with Crippen LogP contribution in [0.1, 0.15) is 151 Å². The van der Waals surface area contributed by atoms with Crippen LogP contribution < -0.4 is 51.5 Å². The number of aryl methyl sites for hydroxylation is 2. The topological polar surface area (TPSA) is 403 Å². The molecule has 640 valence electrons. The Labute approximate surface area is 683 Å². The molecule has 4 aliphatic carbocycles. The number of methoxy groups -OCH3 is 6. The third-order valence-corrected chi connectivity index (χ3v) is 23.2. The Morgan fingerprint density at radius 1 is 0.598 bits per heavy atom. The van der Waals surface area contributed by atoms with E-state index in [2.05, 4.69) is 75.7 Å². The minimum absolute atomic E-state index is 0.000574. The second-order valence-corrected chi connectivity index (χ2v) is 33.9. The number of carbonyl (C=O) groups excluding carboxylic acids is 10. The van der Waals surface area contributed by atoms with E-state index >= 15 is 0 Å². The molecule has 37 heteroatoms. The summed E-state index contributed by atoms with van der Waals surface area (Å²) in [6.45, 7) is 21.8.